The Hall–Kier alpha value is -2.48. The summed E-state index contributed by atoms with van der Waals surface area (Å²) in [4.78, 5) is 12.0. The molecule has 0 unspecified atom stereocenters. The van der Waals surface area contributed by atoms with Crippen LogP contribution < -0.4 is 10.6 Å². The van der Waals surface area contributed by atoms with E-state index < -0.39 is 42.6 Å². The zero-order valence-electron chi connectivity index (χ0n) is 14.1. The predicted octanol–water partition coefficient (Wildman–Crippen LogP) is 3.99. The predicted molar refractivity (Wildman–Crippen MR) is 90.1 cm³/mol. The quantitative estimate of drug-likeness (QED) is 0.783. The van der Waals surface area contributed by atoms with Crippen molar-refractivity contribution < 1.29 is 26.7 Å². The lowest BCUT2D eigenvalue weighted by molar-refractivity contribution is -0.137. The number of alkyl halides is 5. The smallest absolute Gasteiger partial charge is 0.351 e. The van der Waals surface area contributed by atoms with Gasteiger partial charge in [0.2, 0.25) is 5.91 Å². The van der Waals surface area contributed by atoms with E-state index in [0.717, 1.165) is 12.1 Å². The first-order chi connectivity index (χ1) is 12.6. The van der Waals surface area contributed by atoms with Crippen LogP contribution in [0, 0.1) is 0 Å². The van der Waals surface area contributed by atoms with Crippen LogP contribution in [-0.4, -0.2) is 24.4 Å². The molecule has 1 heterocycles. The molecule has 0 saturated carbocycles. The standard InChI is InChI=1S/C19H17F5N2O/c20-18(21)9-16(26-11-18)17(27)25-10-12-2-1-3-14(8-12)13-4-6-15(7-5-13)19(22,23)24/h1-8,16,26H,9-11H2,(H,25,27)/t16-/m0/s1. The summed E-state index contributed by atoms with van der Waals surface area (Å²) >= 11 is 0. The van der Waals surface area contributed by atoms with E-state index in [1.165, 1.54) is 12.1 Å². The second-order valence-corrected chi connectivity index (χ2v) is 6.49. The molecule has 0 radical (unpaired) electrons. The second kappa shape index (κ2) is 7.26. The van der Waals surface area contributed by atoms with Gasteiger partial charge in [0.05, 0.1) is 18.2 Å². The van der Waals surface area contributed by atoms with Crippen molar-refractivity contribution in [3.05, 3.63) is 59.7 Å². The van der Waals surface area contributed by atoms with Crippen LogP contribution in [-0.2, 0) is 17.5 Å². The Morgan fingerprint density at radius 1 is 1.11 bits per heavy atom. The number of halogens is 5. The maximum Gasteiger partial charge on any atom is 0.416 e. The Morgan fingerprint density at radius 3 is 2.41 bits per heavy atom. The molecule has 27 heavy (non-hydrogen) atoms. The zero-order valence-corrected chi connectivity index (χ0v) is 14.1. The Morgan fingerprint density at radius 2 is 1.81 bits per heavy atom. The molecule has 2 aromatic carbocycles. The molecule has 1 amide bonds. The summed E-state index contributed by atoms with van der Waals surface area (Å²) in [7, 11) is 0. The summed E-state index contributed by atoms with van der Waals surface area (Å²) in [5.41, 5.74) is 1.29. The molecule has 1 fully saturated rings. The normalized spacial score (nSPS) is 19.1. The van der Waals surface area contributed by atoms with Crippen LogP contribution in [0.4, 0.5) is 22.0 Å². The molecule has 0 bridgehead atoms. The van der Waals surface area contributed by atoms with E-state index in [4.69, 9.17) is 0 Å². The van der Waals surface area contributed by atoms with Gasteiger partial charge in [0.15, 0.2) is 0 Å². The molecule has 3 nitrogen and oxygen atoms in total. The Balaban J connectivity index is 1.65. The van der Waals surface area contributed by atoms with E-state index in [0.29, 0.717) is 16.7 Å². The number of hydrogen-bond donors (Lipinski definition) is 2. The van der Waals surface area contributed by atoms with Crippen LogP contribution in [0.1, 0.15) is 17.5 Å². The lowest BCUT2D eigenvalue weighted by atomic mass is 10.0. The van der Waals surface area contributed by atoms with Crippen molar-refractivity contribution in [2.75, 3.05) is 6.54 Å². The van der Waals surface area contributed by atoms with Crippen molar-refractivity contribution >= 4 is 5.91 Å². The third-order valence-corrected chi connectivity index (χ3v) is 4.37. The van der Waals surface area contributed by atoms with Crippen molar-refractivity contribution in [2.45, 2.75) is 31.1 Å². The van der Waals surface area contributed by atoms with Gasteiger partial charge >= 0.3 is 6.18 Å². The van der Waals surface area contributed by atoms with Gasteiger partial charge in [-0.2, -0.15) is 13.2 Å². The largest absolute Gasteiger partial charge is 0.416 e. The molecule has 0 aliphatic carbocycles. The summed E-state index contributed by atoms with van der Waals surface area (Å²) in [5, 5.41) is 5.09. The minimum absolute atomic E-state index is 0.136. The first-order valence-corrected chi connectivity index (χ1v) is 8.30. The van der Waals surface area contributed by atoms with Gasteiger partial charge in [-0.3, -0.25) is 10.1 Å². The average molecular weight is 384 g/mol. The molecule has 0 aromatic heterocycles. The van der Waals surface area contributed by atoms with Crippen molar-refractivity contribution in [1.82, 2.24) is 10.6 Å². The maximum absolute atomic E-state index is 13.1. The number of benzene rings is 2. The van der Waals surface area contributed by atoms with Crippen LogP contribution >= 0.6 is 0 Å². The summed E-state index contributed by atoms with van der Waals surface area (Å²) in [6.07, 6.45) is -4.93. The van der Waals surface area contributed by atoms with Crippen LogP contribution in [0.15, 0.2) is 48.5 Å². The third kappa shape index (κ3) is 4.82. The lowest BCUT2D eigenvalue weighted by Crippen LogP contribution is -2.40. The van der Waals surface area contributed by atoms with Gasteiger partial charge in [0.1, 0.15) is 0 Å². The van der Waals surface area contributed by atoms with Crippen LogP contribution in [0.3, 0.4) is 0 Å². The number of hydrogen-bond acceptors (Lipinski definition) is 2. The van der Waals surface area contributed by atoms with Gasteiger partial charge in [-0.1, -0.05) is 30.3 Å². The van der Waals surface area contributed by atoms with E-state index in [2.05, 4.69) is 10.6 Å². The fourth-order valence-electron chi connectivity index (χ4n) is 2.93. The Bertz CT molecular complexity index is 818. The van der Waals surface area contributed by atoms with Gasteiger partial charge in [-0.15, -0.1) is 0 Å². The molecule has 2 aromatic rings. The minimum atomic E-state index is -4.39. The summed E-state index contributed by atoms with van der Waals surface area (Å²) in [6, 6.07) is 10.8. The number of carbonyl (C=O) groups excluding carboxylic acids is 1. The molecule has 3 rings (SSSR count). The van der Waals surface area contributed by atoms with Crippen molar-refractivity contribution in [2.24, 2.45) is 0 Å². The Labute approximate surface area is 152 Å². The molecule has 1 atom stereocenters. The maximum atomic E-state index is 13.1. The number of rotatable bonds is 4. The van der Waals surface area contributed by atoms with Crippen molar-refractivity contribution in [3.8, 4) is 11.1 Å². The van der Waals surface area contributed by atoms with Crippen molar-refractivity contribution in [1.29, 1.82) is 0 Å². The van der Waals surface area contributed by atoms with E-state index in [1.54, 1.807) is 24.3 Å². The summed E-state index contributed by atoms with van der Waals surface area (Å²) in [5.74, 6) is -3.39. The summed E-state index contributed by atoms with van der Waals surface area (Å²) < 4.78 is 64.2. The van der Waals surface area contributed by atoms with Crippen LogP contribution in [0.2, 0.25) is 0 Å². The van der Waals surface area contributed by atoms with Crippen LogP contribution in [0.5, 0.6) is 0 Å². The SMILES string of the molecule is O=C(NCc1cccc(-c2ccc(C(F)(F)F)cc2)c1)[C@@H]1CC(F)(F)CN1. The van der Waals surface area contributed by atoms with Gasteiger partial charge in [0, 0.05) is 13.0 Å². The molecular weight excluding hydrogens is 367 g/mol. The zero-order chi connectivity index (χ0) is 19.7. The average Bonchev–Trinajstić information content (AvgIpc) is 2.99. The molecule has 2 N–H and O–H groups in total. The fourth-order valence-corrected chi connectivity index (χ4v) is 2.93. The van der Waals surface area contributed by atoms with E-state index >= 15 is 0 Å². The fraction of sp³-hybridized carbons (Fsp3) is 0.316. The Kier molecular flexibility index (Phi) is 5.19. The molecule has 144 valence electrons. The summed E-state index contributed by atoms with van der Waals surface area (Å²) in [6.45, 7) is -0.383. The second-order valence-electron chi connectivity index (χ2n) is 6.49. The first-order valence-electron chi connectivity index (χ1n) is 8.30. The van der Waals surface area contributed by atoms with E-state index in [-0.39, 0.29) is 6.54 Å². The third-order valence-electron chi connectivity index (χ3n) is 4.37. The van der Waals surface area contributed by atoms with Gasteiger partial charge < -0.3 is 5.32 Å². The number of carbonyl (C=O) groups is 1. The first kappa shape index (κ1) is 19.3. The number of amides is 1. The monoisotopic (exact) mass is 384 g/mol. The lowest BCUT2D eigenvalue weighted by Gasteiger charge is -2.12. The van der Waals surface area contributed by atoms with Gasteiger partial charge in [-0.25, -0.2) is 8.78 Å². The molecule has 1 aliphatic heterocycles. The number of nitrogens with one attached hydrogen (secondary N) is 2. The van der Waals surface area contributed by atoms with Crippen LogP contribution in [0.25, 0.3) is 11.1 Å². The topological polar surface area (TPSA) is 41.1 Å². The highest BCUT2D eigenvalue weighted by Crippen LogP contribution is 2.31. The van der Waals surface area contributed by atoms with Crippen molar-refractivity contribution in [3.63, 3.8) is 0 Å². The minimum Gasteiger partial charge on any atom is -0.351 e. The van der Waals surface area contributed by atoms with Gasteiger partial charge in [0.25, 0.3) is 5.92 Å². The van der Waals surface area contributed by atoms with E-state index in [1.807, 2.05) is 0 Å². The molecule has 1 aliphatic rings. The molecular formula is C19H17F5N2O. The van der Waals surface area contributed by atoms with Gasteiger partial charge in [-0.05, 0) is 34.9 Å². The molecule has 8 heteroatoms. The molecule has 0 spiro atoms. The highest BCUT2D eigenvalue weighted by Gasteiger charge is 2.42. The van der Waals surface area contributed by atoms with E-state index in [9.17, 15) is 26.7 Å². The molecule has 1 saturated heterocycles. The highest BCUT2D eigenvalue weighted by atomic mass is 19.4. The highest BCUT2D eigenvalue weighted by molar-refractivity contribution is 5.82.